The molecule has 0 radical (unpaired) electrons. The first kappa shape index (κ1) is 15.5. The lowest BCUT2D eigenvalue weighted by Gasteiger charge is -2.24. The summed E-state index contributed by atoms with van der Waals surface area (Å²) in [6.07, 6.45) is 1.26. The average molecular weight is 339 g/mol. The Balaban J connectivity index is 1.34. The molecule has 1 amide bonds. The third kappa shape index (κ3) is 3.28. The fourth-order valence-corrected chi connectivity index (χ4v) is 3.06. The van der Waals surface area contributed by atoms with Crippen LogP contribution in [0.5, 0.6) is 17.2 Å². The van der Waals surface area contributed by atoms with Gasteiger partial charge in [0.2, 0.25) is 12.7 Å². The third-order valence-electron chi connectivity index (χ3n) is 4.38. The summed E-state index contributed by atoms with van der Waals surface area (Å²) in [5.74, 6) is 0.970. The Kier molecular flexibility index (Phi) is 4.01. The number of benzene rings is 2. The van der Waals surface area contributed by atoms with Crippen LogP contribution in [0, 0.1) is 5.92 Å². The molecule has 6 nitrogen and oxygen atoms in total. The van der Waals surface area contributed by atoms with Crippen molar-refractivity contribution in [1.29, 1.82) is 0 Å². The number of hydrogen-bond donors (Lipinski definition) is 1. The second-order valence-corrected chi connectivity index (χ2v) is 6.08. The highest BCUT2D eigenvalue weighted by Gasteiger charge is 2.26. The van der Waals surface area contributed by atoms with Crippen LogP contribution in [0.15, 0.2) is 42.5 Å². The van der Waals surface area contributed by atoms with Crippen molar-refractivity contribution < 1.29 is 23.8 Å². The number of amides is 1. The minimum Gasteiger partial charge on any atom is -0.454 e. The van der Waals surface area contributed by atoms with Crippen molar-refractivity contribution >= 4 is 17.6 Å². The fourth-order valence-electron chi connectivity index (χ4n) is 3.06. The SMILES string of the molecule is O=C(CC[C@@H]1Cc2ccccc2NC1=O)Oc1ccc2c(c1)OCO2. The zero-order valence-electron chi connectivity index (χ0n) is 13.5. The summed E-state index contributed by atoms with van der Waals surface area (Å²) in [7, 11) is 0. The summed E-state index contributed by atoms with van der Waals surface area (Å²) in [4.78, 5) is 24.2. The monoisotopic (exact) mass is 339 g/mol. The maximum absolute atomic E-state index is 12.2. The van der Waals surface area contributed by atoms with Crippen LogP contribution >= 0.6 is 0 Å². The van der Waals surface area contributed by atoms with Gasteiger partial charge in [0.05, 0.1) is 0 Å². The van der Waals surface area contributed by atoms with E-state index >= 15 is 0 Å². The molecule has 4 rings (SSSR count). The van der Waals surface area contributed by atoms with Gasteiger partial charge in [-0.3, -0.25) is 9.59 Å². The number of esters is 1. The molecule has 25 heavy (non-hydrogen) atoms. The maximum Gasteiger partial charge on any atom is 0.311 e. The van der Waals surface area contributed by atoms with Crippen molar-refractivity contribution in [2.75, 3.05) is 12.1 Å². The van der Waals surface area contributed by atoms with Crippen LogP contribution in [0.2, 0.25) is 0 Å². The molecular formula is C19H17NO5. The molecule has 6 heteroatoms. The largest absolute Gasteiger partial charge is 0.454 e. The molecular weight excluding hydrogens is 322 g/mol. The number of carbonyl (C=O) groups is 2. The summed E-state index contributed by atoms with van der Waals surface area (Å²) in [5.41, 5.74) is 1.95. The van der Waals surface area contributed by atoms with E-state index in [4.69, 9.17) is 14.2 Å². The highest BCUT2D eigenvalue weighted by atomic mass is 16.7. The first-order valence-electron chi connectivity index (χ1n) is 8.18. The van der Waals surface area contributed by atoms with Gasteiger partial charge in [0.25, 0.3) is 0 Å². The summed E-state index contributed by atoms with van der Waals surface area (Å²) in [6.45, 7) is 0.172. The Morgan fingerprint density at radius 2 is 2.00 bits per heavy atom. The number of fused-ring (bicyclic) bond motifs is 2. The Labute approximate surface area is 144 Å². The van der Waals surface area contributed by atoms with Gasteiger partial charge in [-0.1, -0.05) is 18.2 Å². The van der Waals surface area contributed by atoms with Crippen molar-refractivity contribution in [3.05, 3.63) is 48.0 Å². The Morgan fingerprint density at radius 3 is 2.92 bits per heavy atom. The molecule has 0 fully saturated rings. The lowest BCUT2D eigenvalue weighted by Crippen LogP contribution is -2.30. The van der Waals surface area contributed by atoms with E-state index in [9.17, 15) is 9.59 Å². The van der Waals surface area contributed by atoms with Crippen molar-refractivity contribution in [3.63, 3.8) is 0 Å². The van der Waals surface area contributed by atoms with Crippen LogP contribution in [-0.4, -0.2) is 18.7 Å². The molecule has 2 aromatic rings. The maximum atomic E-state index is 12.2. The highest BCUT2D eigenvalue weighted by Crippen LogP contribution is 2.35. The van der Waals surface area contributed by atoms with Crippen LogP contribution in [0.1, 0.15) is 18.4 Å². The highest BCUT2D eigenvalue weighted by molar-refractivity contribution is 5.95. The molecule has 0 bridgehead atoms. The summed E-state index contributed by atoms with van der Waals surface area (Å²) < 4.78 is 15.8. The molecule has 128 valence electrons. The van der Waals surface area contributed by atoms with Gasteiger partial charge < -0.3 is 19.5 Å². The van der Waals surface area contributed by atoms with E-state index < -0.39 is 0 Å². The van der Waals surface area contributed by atoms with Crippen molar-refractivity contribution in [2.45, 2.75) is 19.3 Å². The second kappa shape index (κ2) is 6.47. The molecule has 2 aromatic carbocycles. The predicted octanol–water partition coefficient (Wildman–Crippen LogP) is 2.91. The predicted molar refractivity (Wildman–Crippen MR) is 89.7 cm³/mol. The zero-order chi connectivity index (χ0) is 17.2. The van der Waals surface area contributed by atoms with Crippen LogP contribution in [0.4, 0.5) is 5.69 Å². The molecule has 0 saturated carbocycles. The van der Waals surface area contributed by atoms with Crippen molar-refractivity contribution in [3.8, 4) is 17.2 Å². The van der Waals surface area contributed by atoms with Gasteiger partial charge in [0, 0.05) is 24.1 Å². The molecule has 0 spiro atoms. The number of hydrogen-bond acceptors (Lipinski definition) is 5. The van der Waals surface area contributed by atoms with Gasteiger partial charge in [0.1, 0.15) is 5.75 Å². The van der Waals surface area contributed by atoms with Crippen molar-refractivity contribution in [2.24, 2.45) is 5.92 Å². The molecule has 2 aliphatic heterocycles. The smallest absolute Gasteiger partial charge is 0.311 e. The lowest BCUT2D eigenvalue weighted by molar-refractivity contribution is -0.134. The van der Waals surface area contributed by atoms with E-state index in [-0.39, 0.29) is 31.0 Å². The first-order valence-corrected chi connectivity index (χ1v) is 8.18. The average Bonchev–Trinajstić information content (AvgIpc) is 3.07. The summed E-state index contributed by atoms with van der Waals surface area (Å²) >= 11 is 0. The van der Waals surface area contributed by atoms with Gasteiger partial charge in [-0.05, 0) is 36.6 Å². The van der Waals surface area contributed by atoms with Crippen molar-refractivity contribution in [1.82, 2.24) is 0 Å². The first-order chi connectivity index (χ1) is 12.2. The number of nitrogens with one attached hydrogen (secondary N) is 1. The number of anilines is 1. The molecule has 1 atom stereocenters. The second-order valence-electron chi connectivity index (χ2n) is 6.08. The lowest BCUT2D eigenvalue weighted by atomic mass is 9.90. The topological polar surface area (TPSA) is 73.9 Å². The van der Waals surface area contributed by atoms with E-state index in [1.54, 1.807) is 18.2 Å². The molecule has 0 aliphatic carbocycles. The van der Waals surface area contributed by atoms with E-state index in [1.807, 2.05) is 24.3 Å². The van der Waals surface area contributed by atoms with Crippen LogP contribution in [-0.2, 0) is 16.0 Å². The summed E-state index contributed by atoms with van der Waals surface area (Å²) in [5, 5.41) is 2.89. The number of para-hydroxylation sites is 1. The van der Waals surface area contributed by atoms with Crippen LogP contribution in [0.3, 0.4) is 0 Å². The van der Waals surface area contributed by atoms with E-state index in [0.29, 0.717) is 30.1 Å². The molecule has 1 N–H and O–H groups in total. The van der Waals surface area contributed by atoms with Crippen LogP contribution < -0.4 is 19.5 Å². The molecule has 0 saturated heterocycles. The normalized spacial score (nSPS) is 17.6. The molecule has 0 unspecified atom stereocenters. The third-order valence-corrected chi connectivity index (χ3v) is 4.38. The minimum atomic E-state index is -0.370. The molecule has 0 aromatic heterocycles. The number of ether oxygens (including phenoxy) is 3. The number of rotatable bonds is 4. The Bertz CT molecular complexity index is 832. The van der Waals surface area contributed by atoms with Gasteiger partial charge in [-0.15, -0.1) is 0 Å². The van der Waals surface area contributed by atoms with E-state index in [1.165, 1.54) is 0 Å². The molecule has 2 heterocycles. The van der Waals surface area contributed by atoms with Gasteiger partial charge in [-0.2, -0.15) is 0 Å². The van der Waals surface area contributed by atoms with Gasteiger partial charge in [0.15, 0.2) is 11.5 Å². The van der Waals surface area contributed by atoms with Gasteiger partial charge in [-0.25, -0.2) is 0 Å². The minimum absolute atomic E-state index is 0.0467. The van der Waals surface area contributed by atoms with Gasteiger partial charge >= 0.3 is 5.97 Å². The Morgan fingerprint density at radius 1 is 1.16 bits per heavy atom. The summed E-state index contributed by atoms with van der Waals surface area (Å²) in [6, 6.07) is 12.7. The molecule has 2 aliphatic rings. The van der Waals surface area contributed by atoms with Crippen LogP contribution in [0.25, 0.3) is 0 Å². The zero-order valence-corrected chi connectivity index (χ0v) is 13.5. The Hall–Kier alpha value is -3.02. The van der Waals surface area contributed by atoms with E-state index in [0.717, 1.165) is 11.3 Å². The van der Waals surface area contributed by atoms with E-state index in [2.05, 4.69) is 5.32 Å². The standard InChI is InChI=1S/C19H17NO5/c21-18(25-14-6-7-16-17(10-14)24-11-23-16)8-5-13-9-12-3-1-2-4-15(12)20-19(13)22/h1-4,6-7,10,13H,5,8-9,11H2,(H,20,22)/t13-/m1/s1. The quantitative estimate of drug-likeness (QED) is 0.685. The number of carbonyl (C=O) groups excluding carboxylic acids is 2. The fraction of sp³-hybridized carbons (Fsp3) is 0.263.